The summed E-state index contributed by atoms with van der Waals surface area (Å²) in [5, 5.41) is 3.39. The van der Waals surface area contributed by atoms with Crippen molar-refractivity contribution in [2.75, 3.05) is 31.6 Å². The average Bonchev–Trinajstić information content (AvgIpc) is 2.70. The van der Waals surface area contributed by atoms with Gasteiger partial charge >= 0.3 is 0 Å². The number of anilines is 1. The van der Waals surface area contributed by atoms with E-state index in [-0.39, 0.29) is 12.4 Å². The van der Waals surface area contributed by atoms with Gasteiger partial charge in [0.15, 0.2) is 0 Å². The first-order valence-corrected chi connectivity index (χ1v) is 5.60. The Kier molecular flexibility index (Phi) is 5.03. The van der Waals surface area contributed by atoms with Gasteiger partial charge in [-0.3, -0.25) is 0 Å². The van der Waals surface area contributed by atoms with Crippen LogP contribution in [-0.4, -0.2) is 31.7 Å². The Morgan fingerprint density at radius 1 is 1.56 bits per heavy atom. The lowest BCUT2D eigenvalue weighted by Gasteiger charge is -2.21. The third-order valence-electron chi connectivity index (χ3n) is 2.99. The van der Waals surface area contributed by atoms with E-state index in [0.29, 0.717) is 0 Å². The summed E-state index contributed by atoms with van der Waals surface area (Å²) in [6.07, 6.45) is 3.17. The molecule has 16 heavy (non-hydrogen) atoms. The largest absolute Gasteiger partial charge is 0.359 e. The van der Waals surface area contributed by atoms with E-state index < -0.39 is 0 Å². The first kappa shape index (κ1) is 13.3. The molecular weight excluding hydrogens is 222 g/mol. The average molecular weight is 242 g/mol. The summed E-state index contributed by atoms with van der Waals surface area (Å²) >= 11 is 0. The molecule has 2 rings (SSSR count). The molecule has 1 aliphatic heterocycles. The lowest BCUT2D eigenvalue weighted by Crippen LogP contribution is -2.27. The SMILES string of the molecule is Cc1ccnc(N(C)CC2CCNC2)c1.Cl. The molecule has 1 N–H and O–H groups in total. The molecule has 2 heterocycles. The third kappa shape index (κ3) is 3.35. The fraction of sp³-hybridized carbons (Fsp3) is 0.583. The second-order valence-corrected chi connectivity index (χ2v) is 4.43. The van der Waals surface area contributed by atoms with Crippen molar-refractivity contribution < 1.29 is 0 Å². The maximum absolute atomic E-state index is 4.39. The highest BCUT2D eigenvalue weighted by Gasteiger charge is 2.16. The van der Waals surface area contributed by atoms with Crippen LogP contribution in [0.15, 0.2) is 18.3 Å². The van der Waals surface area contributed by atoms with Crippen LogP contribution in [0.3, 0.4) is 0 Å². The first-order chi connectivity index (χ1) is 7.25. The predicted octanol–water partition coefficient (Wildman–Crippen LogP) is 1.86. The van der Waals surface area contributed by atoms with Crippen LogP contribution in [0.5, 0.6) is 0 Å². The summed E-state index contributed by atoms with van der Waals surface area (Å²) in [4.78, 5) is 6.64. The molecule has 0 spiro atoms. The fourth-order valence-electron chi connectivity index (χ4n) is 2.08. The van der Waals surface area contributed by atoms with Gasteiger partial charge in [-0.15, -0.1) is 12.4 Å². The number of nitrogens with zero attached hydrogens (tertiary/aromatic N) is 2. The Hall–Kier alpha value is -0.800. The number of halogens is 1. The second-order valence-electron chi connectivity index (χ2n) is 4.43. The van der Waals surface area contributed by atoms with Gasteiger partial charge in [0, 0.05) is 19.8 Å². The van der Waals surface area contributed by atoms with Crippen molar-refractivity contribution in [2.24, 2.45) is 5.92 Å². The molecule has 1 unspecified atom stereocenters. The minimum Gasteiger partial charge on any atom is -0.359 e. The maximum atomic E-state index is 4.39. The number of pyridine rings is 1. The van der Waals surface area contributed by atoms with Crippen molar-refractivity contribution in [1.82, 2.24) is 10.3 Å². The molecule has 1 aromatic rings. The van der Waals surface area contributed by atoms with Crippen molar-refractivity contribution in [3.63, 3.8) is 0 Å². The van der Waals surface area contributed by atoms with Crippen molar-refractivity contribution >= 4 is 18.2 Å². The van der Waals surface area contributed by atoms with Gasteiger partial charge in [0.1, 0.15) is 5.82 Å². The van der Waals surface area contributed by atoms with Crippen LogP contribution in [0.2, 0.25) is 0 Å². The van der Waals surface area contributed by atoms with Gasteiger partial charge in [0.05, 0.1) is 0 Å². The Labute approximate surface area is 104 Å². The van der Waals surface area contributed by atoms with E-state index >= 15 is 0 Å². The molecule has 1 aromatic heterocycles. The lowest BCUT2D eigenvalue weighted by molar-refractivity contribution is 0.576. The number of aryl methyl sites for hydroxylation is 1. The number of aromatic nitrogens is 1. The molecule has 0 bridgehead atoms. The van der Waals surface area contributed by atoms with E-state index in [1.807, 2.05) is 12.3 Å². The van der Waals surface area contributed by atoms with Crippen LogP contribution < -0.4 is 10.2 Å². The lowest BCUT2D eigenvalue weighted by atomic mass is 10.1. The molecule has 1 atom stereocenters. The molecular formula is C12H20ClN3. The van der Waals surface area contributed by atoms with Gasteiger partial charge in [0.2, 0.25) is 0 Å². The van der Waals surface area contributed by atoms with Crippen LogP contribution in [0.4, 0.5) is 5.82 Å². The summed E-state index contributed by atoms with van der Waals surface area (Å²) < 4.78 is 0. The van der Waals surface area contributed by atoms with Crippen LogP contribution in [0.1, 0.15) is 12.0 Å². The van der Waals surface area contributed by atoms with Gasteiger partial charge < -0.3 is 10.2 Å². The Morgan fingerprint density at radius 2 is 2.38 bits per heavy atom. The van der Waals surface area contributed by atoms with Gasteiger partial charge in [0.25, 0.3) is 0 Å². The molecule has 0 aromatic carbocycles. The highest BCUT2D eigenvalue weighted by Crippen LogP contribution is 2.15. The number of hydrogen-bond donors (Lipinski definition) is 1. The summed E-state index contributed by atoms with van der Waals surface area (Å²) in [5.41, 5.74) is 1.27. The molecule has 1 fully saturated rings. The van der Waals surface area contributed by atoms with E-state index in [1.165, 1.54) is 18.5 Å². The van der Waals surface area contributed by atoms with Crippen LogP contribution in [-0.2, 0) is 0 Å². The second kappa shape index (κ2) is 6.06. The Morgan fingerprint density at radius 3 is 3.00 bits per heavy atom. The molecule has 4 heteroatoms. The molecule has 0 radical (unpaired) electrons. The molecule has 0 aliphatic carbocycles. The van der Waals surface area contributed by atoms with E-state index in [2.05, 4.69) is 35.2 Å². The van der Waals surface area contributed by atoms with Gasteiger partial charge in [-0.1, -0.05) is 0 Å². The van der Waals surface area contributed by atoms with Crippen LogP contribution >= 0.6 is 12.4 Å². The topological polar surface area (TPSA) is 28.2 Å². The monoisotopic (exact) mass is 241 g/mol. The zero-order valence-corrected chi connectivity index (χ0v) is 10.8. The van der Waals surface area contributed by atoms with Crippen LogP contribution in [0, 0.1) is 12.8 Å². The first-order valence-electron chi connectivity index (χ1n) is 5.60. The van der Waals surface area contributed by atoms with E-state index in [0.717, 1.165) is 24.8 Å². The number of nitrogens with one attached hydrogen (secondary N) is 1. The van der Waals surface area contributed by atoms with E-state index in [1.54, 1.807) is 0 Å². The molecule has 0 saturated carbocycles. The standard InChI is InChI=1S/C12H19N3.ClH/c1-10-3-6-14-12(7-10)15(2)9-11-4-5-13-8-11;/h3,6-7,11,13H,4-5,8-9H2,1-2H3;1H. The summed E-state index contributed by atoms with van der Waals surface area (Å²) in [5.74, 6) is 1.86. The summed E-state index contributed by atoms with van der Waals surface area (Å²) in [7, 11) is 2.13. The number of hydrogen-bond acceptors (Lipinski definition) is 3. The zero-order valence-electron chi connectivity index (χ0n) is 9.94. The van der Waals surface area contributed by atoms with Crippen molar-refractivity contribution in [3.8, 4) is 0 Å². The number of rotatable bonds is 3. The van der Waals surface area contributed by atoms with E-state index in [4.69, 9.17) is 0 Å². The zero-order chi connectivity index (χ0) is 10.7. The molecule has 1 aliphatic rings. The summed E-state index contributed by atoms with van der Waals surface area (Å²) in [6.45, 7) is 5.52. The fourth-order valence-corrected chi connectivity index (χ4v) is 2.08. The van der Waals surface area contributed by atoms with Gasteiger partial charge in [-0.25, -0.2) is 4.98 Å². The summed E-state index contributed by atoms with van der Waals surface area (Å²) in [6, 6.07) is 4.18. The van der Waals surface area contributed by atoms with Crippen molar-refractivity contribution in [1.29, 1.82) is 0 Å². The van der Waals surface area contributed by atoms with Gasteiger partial charge in [-0.2, -0.15) is 0 Å². The minimum absolute atomic E-state index is 0. The molecule has 90 valence electrons. The van der Waals surface area contributed by atoms with Gasteiger partial charge in [-0.05, 0) is 50.0 Å². The van der Waals surface area contributed by atoms with E-state index in [9.17, 15) is 0 Å². The molecule has 0 amide bonds. The Bertz CT molecular complexity index is 324. The quantitative estimate of drug-likeness (QED) is 0.876. The van der Waals surface area contributed by atoms with Crippen molar-refractivity contribution in [3.05, 3.63) is 23.9 Å². The third-order valence-corrected chi connectivity index (χ3v) is 2.99. The van der Waals surface area contributed by atoms with Crippen molar-refractivity contribution in [2.45, 2.75) is 13.3 Å². The molecule has 1 saturated heterocycles. The maximum Gasteiger partial charge on any atom is 0.128 e. The highest BCUT2D eigenvalue weighted by molar-refractivity contribution is 5.85. The predicted molar refractivity (Wildman–Crippen MR) is 70.5 cm³/mol. The molecule has 3 nitrogen and oxygen atoms in total. The highest BCUT2D eigenvalue weighted by atomic mass is 35.5. The Balaban J connectivity index is 0.00000128. The minimum atomic E-state index is 0. The van der Waals surface area contributed by atoms with Crippen LogP contribution in [0.25, 0.3) is 0 Å². The normalized spacial score (nSPS) is 19.2. The smallest absolute Gasteiger partial charge is 0.128 e.